The van der Waals surface area contributed by atoms with Gasteiger partial charge in [0.05, 0.1) is 0 Å². The minimum atomic E-state index is -0.673. The zero-order valence-corrected chi connectivity index (χ0v) is 17.8. The van der Waals surface area contributed by atoms with E-state index in [1.165, 1.54) is 16.5 Å². The molecule has 6 heteroatoms. The number of aliphatic carboxylic acids is 1. The number of carboxylic acids is 1. The van der Waals surface area contributed by atoms with Gasteiger partial charge in [0.1, 0.15) is 0 Å². The number of piperidine rings is 1. The van der Waals surface area contributed by atoms with E-state index in [0.717, 1.165) is 58.7 Å². The first-order valence-electron chi connectivity index (χ1n) is 10.9. The second kappa shape index (κ2) is 8.86. The number of fused-ring (bicyclic) bond motifs is 1. The van der Waals surface area contributed by atoms with E-state index in [1.54, 1.807) is 0 Å². The van der Waals surface area contributed by atoms with Crippen molar-refractivity contribution in [3.63, 3.8) is 0 Å². The molecule has 0 amide bonds. The molecule has 0 saturated carbocycles. The van der Waals surface area contributed by atoms with Crippen LogP contribution in [0, 0.1) is 5.92 Å². The first-order chi connectivity index (χ1) is 14.0. The molecule has 158 valence electrons. The molecule has 1 N–H and O–H groups in total. The number of rotatable bonds is 6. The Hall–Kier alpha value is -1.89. The molecule has 1 aromatic carbocycles. The number of carboxylic acid groups (broad SMARTS) is 1. The number of carbonyl (C=O) groups is 1. The van der Waals surface area contributed by atoms with E-state index in [9.17, 15) is 9.90 Å². The summed E-state index contributed by atoms with van der Waals surface area (Å²) in [5, 5.41) is 10.5. The summed E-state index contributed by atoms with van der Waals surface area (Å²) in [6.45, 7) is 7.47. The van der Waals surface area contributed by atoms with E-state index >= 15 is 0 Å². The van der Waals surface area contributed by atoms with Crippen LogP contribution in [0.5, 0.6) is 0 Å². The third-order valence-corrected chi connectivity index (χ3v) is 6.87. The van der Waals surface area contributed by atoms with Crippen molar-refractivity contribution in [3.05, 3.63) is 36.0 Å². The number of aromatic nitrogens is 1. The van der Waals surface area contributed by atoms with Gasteiger partial charge in [-0.2, -0.15) is 0 Å². The van der Waals surface area contributed by atoms with Crippen molar-refractivity contribution in [1.29, 1.82) is 0 Å². The zero-order valence-electron chi connectivity index (χ0n) is 17.8. The third kappa shape index (κ3) is 4.82. The van der Waals surface area contributed by atoms with Crippen LogP contribution in [0.3, 0.4) is 0 Å². The van der Waals surface area contributed by atoms with E-state index in [-0.39, 0.29) is 6.42 Å². The number of likely N-dealkylation sites (N-methyl/N-ethyl adjacent to an activating group) is 1. The number of aryl methyl sites for hydroxylation is 1. The highest BCUT2D eigenvalue weighted by atomic mass is 16.4. The van der Waals surface area contributed by atoms with Gasteiger partial charge in [0.25, 0.3) is 0 Å². The lowest BCUT2D eigenvalue weighted by molar-refractivity contribution is -0.137. The quantitative estimate of drug-likeness (QED) is 0.810. The van der Waals surface area contributed by atoms with Gasteiger partial charge in [-0.25, -0.2) is 0 Å². The number of benzene rings is 1. The molecule has 2 aliphatic rings. The largest absolute Gasteiger partial charge is 0.481 e. The van der Waals surface area contributed by atoms with Crippen LogP contribution in [-0.4, -0.2) is 82.7 Å². The second-order valence-corrected chi connectivity index (χ2v) is 8.94. The summed E-state index contributed by atoms with van der Waals surface area (Å²) in [5.41, 5.74) is 2.62. The summed E-state index contributed by atoms with van der Waals surface area (Å²) in [6.07, 6.45) is 4.30. The predicted molar refractivity (Wildman–Crippen MR) is 116 cm³/mol. The van der Waals surface area contributed by atoms with Crippen LogP contribution in [0.25, 0.3) is 10.9 Å². The maximum absolute atomic E-state index is 11.2. The summed E-state index contributed by atoms with van der Waals surface area (Å²) in [5.74, 6) is -0.240. The van der Waals surface area contributed by atoms with Crippen LogP contribution in [-0.2, 0) is 18.4 Å². The highest BCUT2D eigenvalue weighted by molar-refractivity contribution is 5.80. The minimum Gasteiger partial charge on any atom is -0.481 e. The maximum atomic E-state index is 11.2. The van der Waals surface area contributed by atoms with Crippen molar-refractivity contribution in [3.8, 4) is 0 Å². The zero-order chi connectivity index (χ0) is 20.4. The van der Waals surface area contributed by atoms with E-state index < -0.39 is 5.97 Å². The van der Waals surface area contributed by atoms with Gasteiger partial charge in [0.15, 0.2) is 0 Å². The molecule has 0 unspecified atom stereocenters. The molecule has 0 spiro atoms. The summed E-state index contributed by atoms with van der Waals surface area (Å²) in [6, 6.07) is 9.43. The van der Waals surface area contributed by atoms with Crippen molar-refractivity contribution in [2.75, 3.05) is 46.3 Å². The van der Waals surface area contributed by atoms with Crippen LogP contribution in [0.2, 0.25) is 0 Å². The Balaban J connectivity index is 1.43. The molecule has 2 aromatic rings. The molecule has 0 radical (unpaired) electrons. The molecule has 29 heavy (non-hydrogen) atoms. The fourth-order valence-corrected chi connectivity index (χ4v) is 5.13. The second-order valence-electron chi connectivity index (χ2n) is 8.94. The van der Waals surface area contributed by atoms with Crippen LogP contribution >= 0.6 is 0 Å². The Bertz CT molecular complexity index is 841. The summed E-state index contributed by atoms with van der Waals surface area (Å²) >= 11 is 0. The van der Waals surface area contributed by atoms with E-state index in [0.29, 0.717) is 12.0 Å². The summed E-state index contributed by atoms with van der Waals surface area (Å²) in [4.78, 5) is 18.8. The third-order valence-electron chi connectivity index (χ3n) is 6.87. The molecular weight excluding hydrogens is 364 g/mol. The van der Waals surface area contributed by atoms with Gasteiger partial charge >= 0.3 is 5.97 Å². The standard InChI is InChI=1S/C23H34N4O2/c1-24-11-13-27(14-12-24)21-8-10-26(17-20(21)5-6-23(28)29)16-18-3-4-19-7-9-25(2)22(19)15-18/h3-4,7,9,15,20-21H,5-6,8,10-14,16-17H2,1-2H3,(H,28,29)/t20-,21+/m1/s1. The van der Waals surface area contributed by atoms with Crippen molar-refractivity contribution in [2.45, 2.75) is 31.8 Å². The van der Waals surface area contributed by atoms with Gasteiger partial charge in [-0.3, -0.25) is 14.6 Å². The van der Waals surface area contributed by atoms with Gasteiger partial charge in [-0.1, -0.05) is 12.1 Å². The van der Waals surface area contributed by atoms with Crippen LogP contribution in [0.15, 0.2) is 30.5 Å². The van der Waals surface area contributed by atoms with Gasteiger partial charge in [-0.15, -0.1) is 0 Å². The van der Waals surface area contributed by atoms with Crippen molar-refractivity contribution in [1.82, 2.24) is 19.3 Å². The Kier molecular flexibility index (Phi) is 6.23. The van der Waals surface area contributed by atoms with Crippen molar-refractivity contribution in [2.24, 2.45) is 13.0 Å². The smallest absolute Gasteiger partial charge is 0.303 e. The number of hydrogen-bond donors (Lipinski definition) is 1. The Morgan fingerprint density at radius 2 is 1.90 bits per heavy atom. The Labute approximate surface area is 173 Å². The fourth-order valence-electron chi connectivity index (χ4n) is 5.13. The fraction of sp³-hybridized carbons (Fsp3) is 0.609. The first-order valence-corrected chi connectivity index (χ1v) is 10.9. The summed E-state index contributed by atoms with van der Waals surface area (Å²) < 4.78 is 2.17. The lowest BCUT2D eigenvalue weighted by atomic mass is 9.86. The SMILES string of the molecule is CN1CCN([C@H]2CCN(Cc3ccc4ccn(C)c4c3)C[C@H]2CCC(=O)O)CC1. The average molecular weight is 399 g/mol. The summed E-state index contributed by atoms with van der Waals surface area (Å²) in [7, 11) is 4.28. The topological polar surface area (TPSA) is 52.0 Å². The molecular formula is C23H34N4O2. The lowest BCUT2D eigenvalue weighted by Gasteiger charge is -2.46. The molecule has 4 rings (SSSR count). The van der Waals surface area contributed by atoms with Crippen LogP contribution in [0.1, 0.15) is 24.8 Å². The Morgan fingerprint density at radius 3 is 2.66 bits per heavy atom. The molecule has 3 heterocycles. The Morgan fingerprint density at radius 1 is 1.10 bits per heavy atom. The minimum absolute atomic E-state index is 0.276. The molecule has 2 aliphatic heterocycles. The van der Waals surface area contributed by atoms with E-state index in [1.807, 2.05) is 0 Å². The van der Waals surface area contributed by atoms with Gasteiger partial charge in [-0.05, 0) is 55.4 Å². The average Bonchev–Trinajstić information content (AvgIpc) is 3.08. The van der Waals surface area contributed by atoms with Crippen molar-refractivity contribution >= 4 is 16.9 Å². The van der Waals surface area contributed by atoms with E-state index in [4.69, 9.17) is 0 Å². The van der Waals surface area contributed by atoms with Gasteiger partial charge < -0.3 is 14.6 Å². The number of likely N-dealkylation sites (tertiary alicyclic amines) is 1. The number of hydrogen-bond acceptors (Lipinski definition) is 4. The maximum Gasteiger partial charge on any atom is 0.303 e. The molecule has 0 aliphatic carbocycles. The lowest BCUT2D eigenvalue weighted by Crippen LogP contribution is -2.56. The van der Waals surface area contributed by atoms with Crippen LogP contribution in [0.4, 0.5) is 0 Å². The highest BCUT2D eigenvalue weighted by Gasteiger charge is 2.34. The molecule has 1 aromatic heterocycles. The van der Waals surface area contributed by atoms with Crippen LogP contribution < -0.4 is 0 Å². The van der Waals surface area contributed by atoms with Gasteiger partial charge in [0, 0.05) is 70.5 Å². The predicted octanol–water partition coefficient (Wildman–Crippen LogP) is 2.48. The highest BCUT2D eigenvalue weighted by Crippen LogP contribution is 2.28. The molecule has 2 atom stereocenters. The van der Waals surface area contributed by atoms with E-state index in [2.05, 4.69) is 63.8 Å². The number of nitrogens with zero attached hydrogens (tertiary/aromatic N) is 4. The van der Waals surface area contributed by atoms with Gasteiger partial charge in [0.2, 0.25) is 0 Å². The molecule has 0 bridgehead atoms. The first kappa shape index (κ1) is 20.4. The molecule has 2 saturated heterocycles. The van der Waals surface area contributed by atoms with Crippen molar-refractivity contribution < 1.29 is 9.90 Å². The number of piperazine rings is 1. The monoisotopic (exact) mass is 398 g/mol. The molecule has 2 fully saturated rings. The molecule has 6 nitrogen and oxygen atoms in total. The normalized spacial score (nSPS) is 24.9.